The van der Waals surface area contributed by atoms with E-state index in [0.29, 0.717) is 17.9 Å². The van der Waals surface area contributed by atoms with Gasteiger partial charge in [-0.05, 0) is 45.9 Å². The summed E-state index contributed by atoms with van der Waals surface area (Å²) in [4.78, 5) is 2.22. The number of hydrogen-bond donors (Lipinski definition) is 2. The Morgan fingerprint density at radius 3 is 2.07 bits per heavy atom. The van der Waals surface area contributed by atoms with E-state index >= 15 is 0 Å². The minimum Gasteiger partial charge on any atom is -0.330 e. The van der Waals surface area contributed by atoms with Crippen molar-refractivity contribution < 1.29 is 0 Å². The van der Waals surface area contributed by atoms with Crippen LogP contribution in [0.25, 0.3) is 0 Å². The number of nitrogens with two attached hydrogens (primary N) is 1. The van der Waals surface area contributed by atoms with Gasteiger partial charge in [0.25, 0.3) is 0 Å². The summed E-state index contributed by atoms with van der Waals surface area (Å²) < 4.78 is 0. The Bertz CT molecular complexity index is 134. The van der Waals surface area contributed by atoms with Crippen molar-refractivity contribution in [3.63, 3.8) is 0 Å². The average Bonchev–Trinajstić information content (AvgIpc) is 2.11. The third-order valence-corrected chi connectivity index (χ3v) is 2.97. The van der Waals surface area contributed by atoms with Crippen molar-refractivity contribution in [2.24, 2.45) is 17.6 Å². The van der Waals surface area contributed by atoms with Crippen molar-refractivity contribution in [1.82, 2.24) is 10.2 Å². The highest BCUT2D eigenvalue weighted by Gasteiger charge is 2.11. The quantitative estimate of drug-likeness (QED) is 0.639. The molecule has 0 fully saturated rings. The van der Waals surface area contributed by atoms with E-state index in [-0.39, 0.29) is 0 Å². The maximum Gasteiger partial charge on any atom is 0.0186 e. The molecule has 2 atom stereocenters. The molecule has 0 heterocycles. The van der Waals surface area contributed by atoms with Gasteiger partial charge in [-0.1, -0.05) is 13.8 Å². The molecule has 0 aliphatic heterocycles. The van der Waals surface area contributed by atoms with Crippen molar-refractivity contribution in [3.8, 4) is 0 Å². The SMILES string of the molecule is CC(C)C(CN)CNCC(C)N(C)C. The summed E-state index contributed by atoms with van der Waals surface area (Å²) in [7, 11) is 4.21. The van der Waals surface area contributed by atoms with Gasteiger partial charge >= 0.3 is 0 Å². The van der Waals surface area contributed by atoms with E-state index < -0.39 is 0 Å². The minimum absolute atomic E-state index is 0.584. The molecule has 0 bridgehead atoms. The van der Waals surface area contributed by atoms with Gasteiger partial charge in [0.2, 0.25) is 0 Å². The Balaban J connectivity index is 3.61. The van der Waals surface area contributed by atoms with Crippen LogP contribution in [0.4, 0.5) is 0 Å². The highest BCUT2D eigenvalue weighted by Crippen LogP contribution is 2.07. The Morgan fingerprint density at radius 1 is 1.14 bits per heavy atom. The number of nitrogens with one attached hydrogen (secondary N) is 1. The second-order valence-corrected chi connectivity index (χ2v) is 4.71. The van der Waals surface area contributed by atoms with E-state index in [2.05, 4.69) is 45.1 Å². The van der Waals surface area contributed by atoms with E-state index in [9.17, 15) is 0 Å². The smallest absolute Gasteiger partial charge is 0.0186 e. The molecule has 0 saturated carbocycles. The second-order valence-electron chi connectivity index (χ2n) is 4.71. The Labute approximate surface area is 89.0 Å². The van der Waals surface area contributed by atoms with Crippen molar-refractivity contribution in [2.75, 3.05) is 33.7 Å². The van der Waals surface area contributed by atoms with Gasteiger partial charge in [0.1, 0.15) is 0 Å². The Kier molecular flexibility index (Phi) is 7.15. The van der Waals surface area contributed by atoms with E-state index in [1.807, 2.05) is 0 Å². The molecule has 0 radical (unpaired) electrons. The molecular formula is C11H27N3. The summed E-state index contributed by atoms with van der Waals surface area (Å²) in [6.45, 7) is 9.53. The van der Waals surface area contributed by atoms with Crippen LogP contribution in [-0.2, 0) is 0 Å². The zero-order valence-electron chi connectivity index (χ0n) is 10.4. The number of likely N-dealkylation sites (N-methyl/N-ethyl adjacent to an activating group) is 1. The van der Waals surface area contributed by atoms with Gasteiger partial charge in [-0.3, -0.25) is 0 Å². The first-order chi connectivity index (χ1) is 6.49. The van der Waals surface area contributed by atoms with Gasteiger partial charge in [0.05, 0.1) is 0 Å². The fraction of sp³-hybridized carbons (Fsp3) is 1.00. The lowest BCUT2D eigenvalue weighted by Crippen LogP contribution is -2.39. The highest BCUT2D eigenvalue weighted by atomic mass is 15.1. The Hall–Kier alpha value is -0.120. The van der Waals surface area contributed by atoms with Gasteiger partial charge in [-0.25, -0.2) is 0 Å². The predicted octanol–water partition coefficient (Wildman–Crippen LogP) is 0.757. The third kappa shape index (κ3) is 5.58. The van der Waals surface area contributed by atoms with Crippen LogP contribution >= 0.6 is 0 Å². The molecule has 0 aromatic heterocycles. The van der Waals surface area contributed by atoms with Crippen LogP contribution in [0, 0.1) is 11.8 Å². The number of rotatable bonds is 7. The molecule has 0 amide bonds. The topological polar surface area (TPSA) is 41.3 Å². The molecule has 86 valence electrons. The molecule has 14 heavy (non-hydrogen) atoms. The molecule has 0 rings (SSSR count). The second kappa shape index (κ2) is 7.21. The first-order valence-electron chi connectivity index (χ1n) is 5.56. The average molecular weight is 201 g/mol. The molecule has 0 aromatic carbocycles. The third-order valence-electron chi connectivity index (χ3n) is 2.97. The molecule has 3 N–H and O–H groups in total. The number of nitrogens with zero attached hydrogens (tertiary/aromatic N) is 1. The summed E-state index contributed by atoms with van der Waals surface area (Å²) in [5, 5.41) is 3.48. The molecule has 0 aliphatic carbocycles. The van der Waals surface area contributed by atoms with Gasteiger partial charge in [-0.2, -0.15) is 0 Å². The fourth-order valence-electron chi connectivity index (χ4n) is 1.25. The van der Waals surface area contributed by atoms with Crippen LogP contribution in [-0.4, -0.2) is 44.7 Å². The lowest BCUT2D eigenvalue weighted by Gasteiger charge is -2.23. The lowest BCUT2D eigenvalue weighted by molar-refractivity contribution is 0.288. The van der Waals surface area contributed by atoms with Crippen LogP contribution in [0.5, 0.6) is 0 Å². The zero-order valence-corrected chi connectivity index (χ0v) is 10.4. The lowest BCUT2D eigenvalue weighted by atomic mass is 9.96. The standard InChI is InChI=1S/C11H27N3/c1-9(2)11(6-12)8-13-7-10(3)14(4)5/h9-11,13H,6-8,12H2,1-5H3. The summed E-state index contributed by atoms with van der Waals surface area (Å²) in [6, 6.07) is 0.584. The van der Waals surface area contributed by atoms with Crippen LogP contribution in [0.3, 0.4) is 0 Å². The first kappa shape index (κ1) is 13.9. The van der Waals surface area contributed by atoms with Crippen molar-refractivity contribution >= 4 is 0 Å². The van der Waals surface area contributed by atoms with Crippen LogP contribution in [0.2, 0.25) is 0 Å². The van der Waals surface area contributed by atoms with Gasteiger partial charge in [0.15, 0.2) is 0 Å². The normalized spacial score (nSPS) is 16.3. The number of hydrogen-bond acceptors (Lipinski definition) is 3. The van der Waals surface area contributed by atoms with Crippen LogP contribution in [0.15, 0.2) is 0 Å². The van der Waals surface area contributed by atoms with Crippen LogP contribution < -0.4 is 11.1 Å². The van der Waals surface area contributed by atoms with Crippen LogP contribution in [0.1, 0.15) is 20.8 Å². The summed E-state index contributed by atoms with van der Waals surface area (Å²) >= 11 is 0. The van der Waals surface area contributed by atoms with Crippen molar-refractivity contribution in [1.29, 1.82) is 0 Å². The molecule has 2 unspecified atom stereocenters. The van der Waals surface area contributed by atoms with E-state index in [4.69, 9.17) is 5.73 Å². The molecule has 0 aliphatic rings. The maximum atomic E-state index is 5.70. The van der Waals surface area contributed by atoms with E-state index in [0.717, 1.165) is 19.6 Å². The van der Waals surface area contributed by atoms with Gasteiger partial charge in [0, 0.05) is 12.6 Å². The maximum absolute atomic E-state index is 5.70. The summed E-state index contributed by atoms with van der Waals surface area (Å²) in [6.07, 6.45) is 0. The zero-order chi connectivity index (χ0) is 11.1. The molecule has 0 spiro atoms. The molecular weight excluding hydrogens is 174 g/mol. The molecule has 0 saturated heterocycles. The largest absolute Gasteiger partial charge is 0.330 e. The van der Waals surface area contributed by atoms with Gasteiger partial charge in [-0.15, -0.1) is 0 Å². The van der Waals surface area contributed by atoms with E-state index in [1.165, 1.54) is 0 Å². The summed E-state index contributed by atoms with van der Waals surface area (Å²) in [5.74, 6) is 1.27. The fourth-order valence-corrected chi connectivity index (χ4v) is 1.25. The van der Waals surface area contributed by atoms with Gasteiger partial charge < -0.3 is 16.0 Å². The molecule has 3 nitrogen and oxygen atoms in total. The van der Waals surface area contributed by atoms with Crippen molar-refractivity contribution in [2.45, 2.75) is 26.8 Å². The van der Waals surface area contributed by atoms with E-state index in [1.54, 1.807) is 0 Å². The monoisotopic (exact) mass is 201 g/mol. The first-order valence-corrected chi connectivity index (χ1v) is 5.56. The molecule has 3 heteroatoms. The Morgan fingerprint density at radius 2 is 1.71 bits per heavy atom. The minimum atomic E-state index is 0.584. The predicted molar refractivity (Wildman–Crippen MR) is 63.4 cm³/mol. The summed E-state index contributed by atoms with van der Waals surface area (Å²) in [5.41, 5.74) is 5.70. The molecule has 0 aromatic rings. The highest BCUT2D eigenvalue weighted by molar-refractivity contribution is 4.69. The van der Waals surface area contributed by atoms with Crippen molar-refractivity contribution in [3.05, 3.63) is 0 Å².